The van der Waals surface area contributed by atoms with E-state index in [1.54, 1.807) is 0 Å². The smallest absolute Gasteiger partial charge is 0.142 e. The van der Waals surface area contributed by atoms with Crippen molar-refractivity contribution < 1.29 is 4.79 Å². The van der Waals surface area contributed by atoms with Gasteiger partial charge in [-0.25, -0.2) is 0 Å². The highest BCUT2D eigenvalue weighted by molar-refractivity contribution is 6.30. The van der Waals surface area contributed by atoms with Crippen molar-refractivity contribution in [2.24, 2.45) is 0 Å². The van der Waals surface area contributed by atoms with E-state index >= 15 is 0 Å². The van der Waals surface area contributed by atoms with Crippen molar-refractivity contribution >= 4 is 17.9 Å². The lowest BCUT2D eigenvalue weighted by atomic mass is 9.84. The molecule has 1 aromatic carbocycles. The fourth-order valence-corrected chi connectivity index (χ4v) is 1.38. The maximum absolute atomic E-state index is 10.2. The lowest BCUT2D eigenvalue weighted by Gasteiger charge is -2.20. The van der Waals surface area contributed by atoms with Crippen LogP contribution in [0.15, 0.2) is 36.4 Å². The largest absolute Gasteiger partial charge is 0.299 e. The van der Waals surface area contributed by atoms with Crippen molar-refractivity contribution in [2.45, 2.75) is 19.3 Å². The molecule has 0 atom stereocenters. The van der Waals surface area contributed by atoms with Crippen molar-refractivity contribution in [1.29, 1.82) is 0 Å². The Morgan fingerprint density at radius 2 is 1.79 bits per heavy atom. The van der Waals surface area contributed by atoms with Crippen LogP contribution in [0.3, 0.4) is 0 Å². The average molecular weight is 209 g/mol. The molecule has 0 saturated heterocycles. The first-order chi connectivity index (χ1) is 6.56. The lowest BCUT2D eigenvalue weighted by molar-refractivity contribution is -0.104. The van der Waals surface area contributed by atoms with Gasteiger partial charge < -0.3 is 0 Å². The van der Waals surface area contributed by atoms with Gasteiger partial charge >= 0.3 is 0 Å². The number of halogens is 1. The van der Waals surface area contributed by atoms with E-state index in [2.05, 4.69) is 13.8 Å². The van der Waals surface area contributed by atoms with Crippen molar-refractivity contribution in [3.63, 3.8) is 0 Å². The van der Waals surface area contributed by atoms with Gasteiger partial charge in [-0.3, -0.25) is 4.79 Å². The van der Waals surface area contributed by atoms with Gasteiger partial charge in [0.25, 0.3) is 0 Å². The van der Waals surface area contributed by atoms with Gasteiger partial charge in [0.15, 0.2) is 0 Å². The first-order valence-electron chi connectivity index (χ1n) is 4.45. The van der Waals surface area contributed by atoms with Gasteiger partial charge in [-0.2, -0.15) is 0 Å². The molecule has 0 radical (unpaired) electrons. The molecule has 0 N–H and O–H groups in total. The van der Waals surface area contributed by atoms with E-state index in [1.807, 2.05) is 30.3 Å². The maximum Gasteiger partial charge on any atom is 0.142 e. The molecule has 0 saturated carbocycles. The van der Waals surface area contributed by atoms with Crippen LogP contribution >= 0.6 is 11.6 Å². The van der Waals surface area contributed by atoms with Crippen LogP contribution in [0.1, 0.15) is 19.4 Å². The van der Waals surface area contributed by atoms with Crippen molar-refractivity contribution in [3.8, 4) is 0 Å². The molecule has 14 heavy (non-hydrogen) atoms. The summed E-state index contributed by atoms with van der Waals surface area (Å²) in [6.07, 6.45) is 4.19. The van der Waals surface area contributed by atoms with Gasteiger partial charge in [0.1, 0.15) is 6.29 Å². The van der Waals surface area contributed by atoms with Gasteiger partial charge in [-0.1, -0.05) is 43.7 Å². The minimum Gasteiger partial charge on any atom is -0.299 e. The van der Waals surface area contributed by atoms with E-state index < -0.39 is 0 Å². The second-order valence-corrected chi connectivity index (χ2v) is 4.16. The maximum atomic E-state index is 10.2. The van der Waals surface area contributed by atoms with E-state index in [0.717, 1.165) is 16.9 Å². The summed E-state index contributed by atoms with van der Waals surface area (Å²) in [6.45, 7) is 4.10. The number of allylic oxidation sites excluding steroid dienone is 2. The first kappa shape index (κ1) is 11.0. The predicted molar refractivity (Wildman–Crippen MR) is 59.7 cm³/mol. The van der Waals surface area contributed by atoms with Crippen LogP contribution in [0.4, 0.5) is 0 Å². The fourth-order valence-electron chi connectivity index (χ4n) is 1.26. The molecule has 0 aliphatic rings. The molecule has 0 aromatic heterocycles. The van der Waals surface area contributed by atoms with E-state index in [1.165, 1.54) is 6.08 Å². The molecule has 1 nitrogen and oxygen atoms in total. The molecule has 74 valence electrons. The van der Waals surface area contributed by atoms with Crippen molar-refractivity contribution in [3.05, 3.63) is 47.0 Å². The summed E-state index contributed by atoms with van der Waals surface area (Å²) in [5.74, 6) is 0. The van der Waals surface area contributed by atoms with E-state index in [0.29, 0.717) is 0 Å². The number of hydrogen-bond donors (Lipinski definition) is 0. The van der Waals surface area contributed by atoms with E-state index in [9.17, 15) is 4.79 Å². The molecule has 1 rings (SSSR count). The molecule has 0 aliphatic heterocycles. The molecule has 1 aromatic rings. The Balaban J connectivity index is 2.97. The second kappa shape index (κ2) is 4.43. The van der Waals surface area contributed by atoms with Crippen LogP contribution in [0, 0.1) is 0 Å². The Morgan fingerprint density at radius 1 is 1.21 bits per heavy atom. The van der Waals surface area contributed by atoms with Gasteiger partial charge in [0.2, 0.25) is 0 Å². The van der Waals surface area contributed by atoms with E-state index in [4.69, 9.17) is 11.6 Å². The standard InChI is InChI=1S/C12H13ClO/c1-12(2,8-3-9-14)10-4-6-11(13)7-5-10/h3-9H,1-2H3. The van der Waals surface area contributed by atoms with Crippen LogP contribution in [0.25, 0.3) is 0 Å². The molecule has 2 heteroatoms. The van der Waals surface area contributed by atoms with Crippen LogP contribution in [-0.2, 0) is 10.2 Å². The molecule has 0 bridgehead atoms. The zero-order valence-corrected chi connectivity index (χ0v) is 9.08. The highest BCUT2D eigenvalue weighted by Crippen LogP contribution is 2.25. The number of benzene rings is 1. The lowest BCUT2D eigenvalue weighted by Crippen LogP contribution is -2.13. The topological polar surface area (TPSA) is 17.1 Å². The minimum absolute atomic E-state index is 0.133. The number of carbonyl (C=O) groups is 1. The summed E-state index contributed by atoms with van der Waals surface area (Å²) in [4.78, 5) is 10.2. The fraction of sp³-hybridized carbons (Fsp3) is 0.250. The Bertz CT molecular complexity index is 336. The number of aldehydes is 1. The van der Waals surface area contributed by atoms with Crippen molar-refractivity contribution in [1.82, 2.24) is 0 Å². The quantitative estimate of drug-likeness (QED) is 0.550. The summed E-state index contributed by atoms with van der Waals surface area (Å²) >= 11 is 5.79. The van der Waals surface area contributed by atoms with Crippen LogP contribution in [0.5, 0.6) is 0 Å². The van der Waals surface area contributed by atoms with Crippen LogP contribution in [0.2, 0.25) is 5.02 Å². The summed E-state index contributed by atoms with van der Waals surface area (Å²) < 4.78 is 0. The molecule has 0 unspecified atom stereocenters. The van der Waals surface area contributed by atoms with Crippen molar-refractivity contribution in [2.75, 3.05) is 0 Å². The molecule has 0 fully saturated rings. The van der Waals surface area contributed by atoms with Gasteiger partial charge in [0, 0.05) is 10.4 Å². The summed E-state index contributed by atoms with van der Waals surface area (Å²) in [5.41, 5.74) is 1.01. The van der Waals surface area contributed by atoms with E-state index in [-0.39, 0.29) is 5.41 Å². The Morgan fingerprint density at radius 3 is 2.29 bits per heavy atom. The van der Waals surface area contributed by atoms with Gasteiger partial charge in [-0.05, 0) is 23.8 Å². The molecule has 0 amide bonds. The summed E-state index contributed by atoms with van der Waals surface area (Å²) in [7, 11) is 0. The summed E-state index contributed by atoms with van der Waals surface area (Å²) in [6, 6.07) is 7.65. The number of rotatable bonds is 3. The third kappa shape index (κ3) is 2.71. The third-order valence-corrected chi connectivity index (χ3v) is 2.43. The van der Waals surface area contributed by atoms with Crippen LogP contribution < -0.4 is 0 Å². The molecule has 0 spiro atoms. The Labute approximate surface area is 89.4 Å². The monoisotopic (exact) mass is 208 g/mol. The Kier molecular flexibility index (Phi) is 3.48. The SMILES string of the molecule is CC(C)(C=CC=O)c1ccc(Cl)cc1. The Hall–Kier alpha value is -1.08. The molecular weight excluding hydrogens is 196 g/mol. The molecule has 0 heterocycles. The highest BCUT2D eigenvalue weighted by atomic mass is 35.5. The minimum atomic E-state index is -0.133. The van der Waals surface area contributed by atoms with Gasteiger partial charge in [-0.15, -0.1) is 0 Å². The number of carbonyl (C=O) groups excluding carboxylic acids is 1. The molecule has 0 aliphatic carbocycles. The number of hydrogen-bond acceptors (Lipinski definition) is 1. The van der Waals surface area contributed by atoms with Gasteiger partial charge in [0.05, 0.1) is 0 Å². The zero-order valence-electron chi connectivity index (χ0n) is 8.33. The normalized spacial score (nSPS) is 11.9. The van der Waals surface area contributed by atoms with Crippen LogP contribution in [-0.4, -0.2) is 6.29 Å². The molecular formula is C12H13ClO. The summed E-state index contributed by atoms with van der Waals surface area (Å²) in [5, 5.41) is 0.726. The highest BCUT2D eigenvalue weighted by Gasteiger charge is 2.15. The average Bonchev–Trinajstić information content (AvgIpc) is 2.16. The second-order valence-electron chi connectivity index (χ2n) is 3.72. The first-order valence-corrected chi connectivity index (χ1v) is 4.83. The third-order valence-electron chi connectivity index (χ3n) is 2.18. The predicted octanol–water partition coefficient (Wildman–Crippen LogP) is 3.37. The zero-order chi connectivity index (χ0) is 10.6.